The Morgan fingerprint density at radius 2 is 1.67 bits per heavy atom. The topological polar surface area (TPSA) is 69.0 Å². The lowest BCUT2D eigenvalue weighted by molar-refractivity contribution is 0.101. The van der Waals surface area contributed by atoms with E-state index in [9.17, 15) is 4.79 Å². The molecule has 0 aliphatic rings. The van der Waals surface area contributed by atoms with Crippen molar-refractivity contribution in [2.45, 2.75) is 13.8 Å². The van der Waals surface area contributed by atoms with Gasteiger partial charge < -0.3 is 10.1 Å². The number of anilines is 1. The highest BCUT2D eigenvalue weighted by molar-refractivity contribution is 6.02. The van der Waals surface area contributed by atoms with Gasteiger partial charge in [0.1, 0.15) is 5.75 Å². The molecule has 1 aromatic heterocycles. The number of aromatic nitrogens is 3. The summed E-state index contributed by atoms with van der Waals surface area (Å²) in [4.78, 5) is 17.5. The average molecular weight is 398 g/mol. The van der Waals surface area contributed by atoms with E-state index in [1.807, 2.05) is 67.6 Å². The lowest BCUT2D eigenvalue weighted by Crippen LogP contribution is -2.15. The molecule has 0 bridgehead atoms. The van der Waals surface area contributed by atoms with E-state index in [4.69, 9.17) is 4.74 Å². The molecule has 0 spiro atoms. The zero-order valence-corrected chi connectivity index (χ0v) is 17.1. The second-order valence-electron chi connectivity index (χ2n) is 6.96. The number of ether oxygens (including phenoxy) is 1. The monoisotopic (exact) mass is 398 g/mol. The summed E-state index contributed by atoms with van der Waals surface area (Å²) in [5, 5.41) is 7.37. The third-order valence-corrected chi connectivity index (χ3v) is 4.93. The van der Waals surface area contributed by atoms with Crippen LogP contribution in [0.25, 0.3) is 17.1 Å². The first-order chi connectivity index (χ1) is 14.6. The maximum Gasteiger partial charge on any atom is 0.295 e. The number of hydrogen-bond donors (Lipinski definition) is 1. The quantitative estimate of drug-likeness (QED) is 0.524. The molecule has 0 saturated carbocycles. The van der Waals surface area contributed by atoms with Gasteiger partial charge in [-0.05, 0) is 49.2 Å². The normalized spacial score (nSPS) is 10.6. The third-order valence-electron chi connectivity index (χ3n) is 4.93. The van der Waals surface area contributed by atoms with Crippen molar-refractivity contribution in [3.05, 3.63) is 89.7 Å². The molecule has 6 nitrogen and oxygen atoms in total. The first-order valence-corrected chi connectivity index (χ1v) is 9.61. The van der Waals surface area contributed by atoms with Gasteiger partial charge in [-0.3, -0.25) is 4.79 Å². The molecule has 6 heteroatoms. The van der Waals surface area contributed by atoms with Crippen LogP contribution in [-0.2, 0) is 0 Å². The van der Waals surface area contributed by atoms with E-state index in [1.165, 1.54) is 5.56 Å². The maximum absolute atomic E-state index is 12.9. The summed E-state index contributed by atoms with van der Waals surface area (Å²) in [6, 6.07) is 23.0. The van der Waals surface area contributed by atoms with Crippen LogP contribution in [0.15, 0.2) is 72.8 Å². The summed E-state index contributed by atoms with van der Waals surface area (Å²) in [6.45, 7) is 4.11. The maximum atomic E-state index is 12.9. The molecule has 1 N–H and O–H groups in total. The van der Waals surface area contributed by atoms with E-state index in [0.29, 0.717) is 17.3 Å². The first kappa shape index (κ1) is 19.4. The van der Waals surface area contributed by atoms with E-state index in [2.05, 4.69) is 22.3 Å². The zero-order chi connectivity index (χ0) is 21.1. The van der Waals surface area contributed by atoms with Gasteiger partial charge in [0, 0.05) is 5.56 Å². The van der Waals surface area contributed by atoms with Crippen LogP contribution in [0.5, 0.6) is 5.75 Å². The van der Waals surface area contributed by atoms with E-state index in [0.717, 1.165) is 16.8 Å². The molecule has 0 atom stereocenters. The van der Waals surface area contributed by atoms with E-state index < -0.39 is 5.91 Å². The molecule has 30 heavy (non-hydrogen) atoms. The van der Waals surface area contributed by atoms with Gasteiger partial charge in [0.15, 0.2) is 5.82 Å². The lowest BCUT2D eigenvalue weighted by atomic mass is 10.1. The molecule has 0 radical (unpaired) electrons. The molecule has 150 valence electrons. The van der Waals surface area contributed by atoms with Crippen molar-refractivity contribution in [2.75, 3.05) is 12.4 Å². The highest BCUT2D eigenvalue weighted by Gasteiger charge is 2.20. The molecule has 0 saturated heterocycles. The summed E-state index contributed by atoms with van der Waals surface area (Å²) >= 11 is 0. The number of benzene rings is 3. The number of nitrogens with one attached hydrogen (secondary N) is 1. The van der Waals surface area contributed by atoms with Crippen molar-refractivity contribution >= 4 is 11.6 Å². The van der Waals surface area contributed by atoms with Gasteiger partial charge in [0.25, 0.3) is 5.91 Å². The Kier molecular flexibility index (Phi) is 5.30. The van der Waals surface area contributed by atoms with E-state index >= 15 is 0 Å². The van der Waals surface area contributed by atoms with Crippen molar-refractivity contribution in [1.82, 2.24) is 14.8 Å². The SMILES string of the molecule is COc1ccccc1NC(=O)c1nc(-c2ccccc2)n(-c2ccc(C)c(C)c2)n1. The van der Waals surface area contributed by atoms with Crippen molar-refractivity contribution < 1.29 is 9.53 Å². The van der Waals surface area contributed by atoms with E-state index in [-0.39, 0.29) is 5.82 Å². The Labute approximate surface area is 175 Å². The number of aryl methyl sites for hydroxylation is 2. The fourth-order valence-corrected chi connectivity index (χ4v) is 3.15. The van der Waals surface area contributed by atoms with Crippen molar-refractivity contribution in [3.63, 3.8) is 0 Å². The van der Waals surface area contributed by atoms with Crippen LogP contribution in [0, 0.1) is 13.8 Å². The molecular formula is C24H22N4O2. The summed E-state index contributed by atoms with van der Waals surface area (Å²) in [5.41, 5.74) is 4.62. The average Bonchev–Trinajstić information content (AvgIpc) is 3.22. The van der Waals surface area contributed by atoms with Gasteiger partial charge >= 0.3 is 0 Å². The number of hydrogen-bond acceptors (Lipinski definition) is 4. The minimum absolute atomic E-state index is 0.0815. The van der Waals surface area contributed by atoms with Crippen LogP contribution >= 0.6 is 0 Å². The first-order valence-electron chi connectivity index (χ1n) is 9.61. The largest absolute Gasteiger partial charge is 0.495 e. The molecule has 4 aromatic rings. The second kappa shape index (κ2) is 8.21. The Morgan fingerprint density at radius 1 is 0.933 bits per heavy atom. The Bertz CT molecular complexity index is 1200. The Balaban J connectivity index is 1.77. The standard InChI is InChI=1S/C24H22N4O2/c1-16-13-14-19(15-17(16)2)28-23(18-9-5-4-6-10-18)26-22(27-28)24(29)25-20-11-7-8-12-21(20)30-3/h4-15H,1-3H3,(H,25,29). The molecule has 0 unspecified atom stereocenters. The smallest absolute Gasteiger partial charge is 0.295 e. The van der Waals surface area contributed by atoms with Gasteiger partial charge in [0.05, 0.1) is 18.5 Å². The molecule has 1 heterocycles. The van der Waals surface area contributed by atoms with Crippen LogP contribution in [-0.4, -0.2) is 27.8 Å². The van der Waals surface area contributed by atoms with Crippen LogP contribution in [0.1, 0.15) is 21.7 Å². The van der Waals surface area contributed by atoms with Crippen molar-refractivity contribution in [2.24, 2.45) is 0 Å². The number of amides is 1. The molecule has 1 amide bonds. The van der Waals surface area contributed by atoms with Crippen molar-refractivity contribution in [1.29, 1.82) is 0 Å². The molecule has 4 rings (SSSR count). The fourth-order valence-electron chi connectivity index (χ4n) is 3.15. The van der Waals surface area contributed by atoms with Crippen molar-refractivity contribution in [3.8, 4) is 22.8 Å². The second-order valence-corrected chi connectivity index (χ2v) is 6.96. The highest BCUT2D eigenvalue weighted by Crippen LogP contribution is 2.25. The number of para-hydroxylation sites is 2. The summed E-state index contributed by atoms with van der Waals surface area (Å²) in [7, 11) is 1.56. The lowest BCUT2D eigenvalue weighted by Gasteiger charge is -2.08. The Hall–Kier alpha value is -3.93. The van der Waals surface area contributed by atoms with Crippen LogP contribution in [0.2, 0.25) is 0 Å². The predicted octanol–water partition coefficient (Wildman–Crippen LogP) is 4.81. The van der Waals surface area contributed by atoms with Gasteiger partial charge in [-0.2, -0.15) is 0 Å². The number of carbonyl (C=O) groups is 1. The third kappa shape index (κ3) is 3.80. The fraction of sp³-hybridized carbons (Fsp3) is 0.125. The number of rotatable bonds is 5. The minimum Gasteiger partial charge on any atom is -0.495 e. The van der Waals surface area contributed by atoms with Gasteiger partial charge in [-0.15, -0.1) is 5.10 Å². The zero-order valence-electron chi connectivity index (χ0n) is 17.1. The molecule has 3 aromatic carbocycles. The summed E-state index contributed by atoms with van der Waals surface area (Å²) in [6.07, 6.45) is 0. The van der Waals surface area contributed by atoms with Crippen LogP contribution < -0.4 is 10.1 Å². The van der Waals surface area contributed by atoms with Gasteiger partial charge in [-0.25, -0.2) is 9.67 Å². The number of carbonyl (C=O) groups excluding carboxylic acids is 1. The minimum atomic E-state index is -0.403. The molecule has 0 aliphatic heterocycles. The molecular weight excluding hydrogens is 376 g/mol. The number of nitrogens with zero attached hydrogens (tertiary/aromatic N) is 3. The number of methoxy groups -OCH3 is 1. The van der Waals surface area contributed by atoms with Crippen LogP contribution in [0.4, 0.5) is 5.69 Å². The molecule has 0 aliphatic carbocycles. The molecule has 0 fully saturated rings. The van der Waals surface area contributed by atoms with Gasteiger partial charge in [-0.1, -0.05) is 48.5 Å². The Morgan fingerprint density at radius 3 is 2.40 bits per heavy atom. The van der Waals surface area contributed by atoms with Gasteiger partial charge in [0.2, 0.25) is 5.82 Å². The summed E-state index contributed by atoms with van der Waals surface area (Å²) < 4.78 is 7.02. The predicted molar refractivity (Wildman–Crippen MR) is 117 cm³/mol. The van der Waals surface area contributed by atoms with E-state index in [1.54, 1.807) is 23.9 Å². The summed E-state index contributed by atoms with van der Waals surface area (Å²) in [5.74, 6) is 0.851. The highest BCUT2D eigenvalue weighted by atomic mass is 16.5. The van der Waals surface area contributed by atoms with Crippen LogP contribution in [0.3, 0.4) is 0 Å².